The Labute approximate surface area is 491 Å². The fraction of sp³-hybridized carbons (Fsp3) is 0.554. The van der Waals surface area contributed by atoms with Gasteiger partial charge in [0.05, 0.1) is 0 Å². The quantitative estimate of drug-likeness (QED) is 0.0261. The lowest BCUT2D eigenvalue weighted by Gasteiger charge is -2.18. The Kier molecular flexibility index (Phi) is 61.5. The van der Waals surface area contributed by atoms with Gasteiger partial charge in [0.25, 0.3) is 0 Å². The summed E-state index contributed by atoms with van der Waals surface area (Å²) < 4.78 is 16.8. The van der Waals surface area contributed by atoms with Crippen LogP contribution in [-0.2, 0) is 28.6 Å². The molecule has 0 aromatic rings. The molecule has 0 rings (SSSR count). The third-order valence-electron chi connectivity index (χ3n) is 12.6. The number of carbonyl (C=O) groups excluding carboxylic acids is 3. The second-order valence-electron chi connectivity index (χ2n) is 20.2. The number of ether oxygens (including phenoxy) is 3. The van der Waals surface area contributed by atoms with Crippen molar-refractivity contribution in [3.8, 4) is 0 Å². The Balaban J connectivity index is 4.56. The van der Waals surface area contributed by atoms with Gasteiger partial charge in [-0.05, 0) is 148 Å². The summed E-state index contributed by atoms with van der Waals surface area (Å²) in [7, 11) is 0. The van der Waals surface area contributed by atoms with Crippen LogP contribution in [0.2, 0.25) is 0 Å². The molecule has 0 bridgehead atoms. The second-order valence-corrected chi connectivity index (χ2v) is 20.2. The summed E-state index contributed by atoms with van der Waals surface area (Å²) in [5.74, 6) is -1.06. The Hall–Kier alpha value is -5.49. The predicted octanol–water partition coefficient (Wildman–Crippen LogP) is 22.0. The van der Waals surface area contributed by atoms with Crippen LogP contribution < -0.4 is 0 Å². The van der Waals surface area contributed by atoms with E-state index >= 15 is 0 Å². The standard InChI is InChI=1S/C74H114O6/c1-4-7-10-13-16-19-22-25-28-31-33-34-35-36-37-38-39-40-42-43-46-49-52-55-58-61-64-67-73(76)79-70-71(69-78-72(75)66-63-60-57-54-51-48-45-30-27-24-21-18-15-12-9-6-3)80-74(77)68-65-62-59-56-53-50-47-44-41-32-29-26-23-20-17-14-11-8-5-2/h7-8,10-11,16-17,19-21,24-26,28-30,33-34,36-37,39-41,43-46,50,53,59,62,71H,4-6,9,12-15,18,22-23,27,31-32,35,38,42,47-49,51-52,54-58,60-61,63-70H2,1-3H3/b10-7-,11-8-,19-16-,20-17-,24-21-,28-25-,29-26-,34-33-,37-36-,40-39-,44-41-,45-30-,46-43-,53-50-,62-59-. The van der Waals surface area contributed by atoms with Gasteiger partial charge in [0.1, 0.15) is 13.2 Å². The summed E-state index contributed by atoms with van der Waals surface area (Å²) in [5, 5.41) is 0. The lowest BCUT2D eigenvalue weighted by atomic mass is 10.1. The fourth-order valence-corrected chi connectivity index (χ4v) is 7.95. The van der Waals surface area contributed by atoms with E-state index in [1.54, 1.807) is 0 Å². The van der Waals surface area contributed by atoms with Crippen LogP contribution in [0.4, 0.5) is 0 Å². The second kappa shape index (κ2) is 66.0. The van der Waals surface area contributed by atoms with Crippen molar-refractivity contribution in [2.45, 2.75) is 252 Å². The highest BCUT2D eigenvalue weighted by molar-refractivity contribution is 5.71. The number of allylic oxidation sites excluding steroid dienone is 30. The molecule has 0 aromatic carbocycles. The minimum absolute atomic E-state index is 0.131. The molecule has 6 heteroatoms. The maximum atomic E-state index is 12.9. The average molecular weight is 1100 g/mol. The topological polar surface area (TPSA) is 78.9 Å². The van der Waals surface area contributed by atoms with Gasteiger partial charge >= 0.3 is 17.9 Å². The molecule has 0 aliphatic carbocycles. The highest BCUT2D eigenvalue weighted by Gasteiger charge is 2.19. The van der Waals surface area contributed by atoms with E-state index in [-0.39, 0.29) is 31.6 Å². The van der Waals surface area contributed by atoms with Gasteiger partial charge in [-0.15, -0.1) is 0 Å². The van der Waals surface area contributed by atoms with E-state index in [9.17, 15) is 14.4 Å². The molecule has 0 aromatic heterocycles. The zero-order valence-corrected chi connectivity index (χ0v) is 51.0. The van der Waals surface area contributed by atoms with Gasteiger partial charge in [0, 0.05) is 19.3 Å². The highest BCUT2D eigenvalue weighted by atomic mass is 16.6. The Morgan fingerprint density at radius 1 is 0.263 bits per heavy atom. The summed E-state index contributed by atoms with van der Waals surface area (Å²) in [6.45, 7) is 6.29. The van der Waals surface area contributed by atoms with Gasteiger partial charge in [-0.1, -0.05) is 261 Å². The van der Waals surface area contributed by atoms with Gasteiger partial charge in [0.2, 0.25) is 0 Å². The number of unbranched alkanes of at least 4 members (excludes halogenated alkanes) is 14. The maximum absolute atomic E-state index is 12.9. The van der Waals surface area contributed by atoms with Crippen LogP contribution in [0.15, 0.2) is 182 Å². The third-order valence-corrected chi connectivity index (χ3v) is 12.6. The predicted molar refractivity (Wildman–Crippen MR) is 348 cm³/mol. The number of hydrogen-bond acceptors (Lipinski definition) is 6. The maximum Gasteiger partial charge on any atom is 0.306 e. The highest BCUT2D eigenvalue weighted by Crippen LogP contribution is 2.12. The van der Waals surface area contributed by atoms with Crippen LogP contribution in [0, 0.1) is 0 Å². The van der Waals surface area contributed by atoms with Crippen LogP contribution in [0.5, 0.6) is 0 Å². The molecule has 0 aliphatic heterocycles. The molecule has 0 saturated heterocycles. The molecule has 446 valence electrons. The molecular weight excluding hydrogens is 985 g/mol. The molecule has 80 heavy (non-hydrogen) atoms. The molecule has 1 atom stereocenters. The normalized spacial score (nSPS) is 13.4. The first-order chi connectivity index (χ1) is 39.5. The van der Waals surface area contributed by atoms with Crippen LogP contribution in [-0.4, -0.2) is 37.2 Å². The molecule has 0 fully saturated rings. The molecule has 0 radical (unpaired) electrons. The molecule has 6 nitrogen and oxygen atoms in total. The largest absolute Gasteiger partial charge is 0.462 e. The van der Waals surface area contributed by atoms with Crippen molar-refractivity contribution in [2.75, 3.05) is 13.2 Å². The molecule has 1 unspecified atom stereocenters. The van der Waals surface area contributed by atoms with Gasteiger partial charge in [-0.3, -0.25) is 14.4 Å². The van der Waals surface area contributed by atoms with Crippen LogP contribution in [0.1, 0.15) is 245 Å². The zero-order valence-electron chi connectivity index (χ0n) is 51.0. The van der Waals surface area contributed by atoms with E-state index in [1.165, 1.54) is 32.1 Å². The van der Waals surface area contributed by atoms with Crippen LogP contribution in [0.25, 0.3) is 0 Å². The first-order valence-corrected chi connectivity index (χ1v) is 31.8. The summed E-state index contributed by atoms with van der Waals surface area (Å²) in [5.41, 5.74) is 0. The molecule has 0 saturated carbocycles. The van der Waals surface area contributed by atoms with Crippen molar-refractivity contribution in [3.63, 3.8) is 0 Å². The number of carbonyl (C=O) groups is 3. The summed E-state index contributed by atoms with van der Waals surface area (Å²) >= 11 is 0. The zero-order chi connectivity index (χ0) is 57.8. The first-order valence-electron chi connectivity index (χ1n) is 31.8. The fourth-order valence-electron chi connectivity index (χ4n) is 7.95. The van der Waals surface area contributed by atoms with E-state index in [1.807, 2.05) is 12.2 Å². The minimum atomic E-state index is -0.845. The Bertz CT molecular complexity index is 1890. The van der Waals surface area contributed by atoms with E-state index < -0.39 is 12.1 Å². The van der Waals surface area contributed by atoms with Crippen molar-refractivity contribution in [1.82, 2.24) is 0 Å². The summed E-state index contributed by atoms with van der Waals surface area (Å²) in [6.07, 6.45) is 99.0. The lowest BCUT2D eigenvalue weighted by Crippen LogP contribution is -2.30. The van der Waals surface area contributed by atoms with Crippen LogP contribution >= 0.6 is 0 Å². The van der Waals surface area contributed by atoms with Crippen molar-refractivity contribution >= 4 is 17.9 Å². The molecule has 0 N–H and O–H groups in total. The smallest absolute Gasteiger partial charge is 0.306 e. The number of rotatable bonds is 55. The molecule has 0 spiro atoms. The van der Waals surface area contributed by atoms with E-state index in [4.69, 9.17) is 14.2 Å². The van der Waals surface area contributed by atoms with Crippen LogP contribution in [0.3, 0.4) is 0 Å². The third kappa shape index (κ3) is 63.3. The Morgan fingerprint density at radius 3 is 0.812 bits per heavy atom. The number of hydrogen-bond donors (Lipinski definition) is 0. The van der Waals surface area contributed by atoms with Gasteiger partial charge in [-0.2, -0.15) is 0 Å². The lowest BCUT2D eigenvalue weighted by molar-refractivity contribution is -0.166. The molecule has 0 heterocycles. The Morgan fingerprint density at radius 2 is 0.512 bits per heavy atom. The van der Waals surface area contributed by atoms with Crippen molar-refractivity contribution in [1.29, 1.82) is 0 Å². The van der Waals surface area contributed by atoms with Crippen molar-refractivity contribution < 1.29 is 28.6 Å². The van der Waals surface area contributed by atoms with Crippen molar-refractivity contribution in [2.24, 2.45) is 0 Å². The summed E-state index contributed by atoms with van der Waals surface area (Å²) in [6, 6.07) is 0. The van der Waals surface area contributed by atoms with Gasteiger partial charge in [-0.25, -0.2) is 0 Å². The molecule has 0 aliphatic rings. The van der Waals surface area contributed by atoms with Gasteiger partial charge < -0.3 is 14.2 Å². The minimum Gasteiger partial charge on any atom is -0.462 e. The SMILES string of the molecule is CC/C=C\C/C=C\C/C=C\C/C=C\C/C=C\C/C=C\C/C=C\CCCCCCCC(=O)OCC(COC(=O)CCCCCCC/C=C\C/C=C\CCCCCC)OC(=O)CC/C=C\C/C=C\C/C=C\C/C=C\C/C=C\C/C=C\CC. The number of esters is 3. The first kappa shape index (κ1) is 74.5. The summed E-state index contributed by atoms with van der Waals surface area (Å²) in [4.78, 5) is 38.3. The monoisotopic (exact) mass is 1100 g/mol. The molecule has 0 amide bonds. The van der Waals surface area contributed by atoms with Crippen molar-refractivity contribution in [3.05, 3.63) is 182 Å². The van der Waals surface area contributed by atoms with E-state index in [2.05, 4.69) is 191 Å². The van der Waals surface area contributed by atoms with E-state index in [0.29, 0.717) is 19.3 Å². The molecular formula is C74H114O6. The van der Waals surface area contributed by atoms with Gasteiger partial charge in [0.15, 0.2) is 6.10 Å². The average Bonchev–Trinajstić information content (AvgIpc) is 3.46. The van der Waals surface area contributed by atoms with E-state index in [0.717, 1.165) is 167 Å².